The highest BCUT2D eigenvalue weighted by atomic mass is 16.5. The van der Waals surface area contributed by atoms with Gasteiger partial charge in [0.05, 0.1) is 6.61 Å². The average Bonchev–Trinajstić information content (AvgIpc) is 2.94. The number of rotatable bonds is 6. The topological polar surface area (TPSA) is 98.0 Å². The second-order valence-electron chi connectivity index (χ2n) is 4.97. The van der Waals surface area contributed by atoms with Gasteiger partial charge >= 0.3 is 5.97 Å². The molecule has 0 spiro atoms. The van der Waals surface area contributed by atoms with Crippen LogP contribution in [-0.2, 0) is 20.9 Å². The van der Waals surface area contributed by atoms with Crippen LogP contribution in [0.4, 0.5) is 0 Å². The molecule has 2 N–H and O–H groups in total. The largest absolute Gasteiger partial charge is 0.480 e. The van der Waals surface area contributed by atoms with E-state index in [4.69, 9.17) is 13.9 Å². The lowest BCUT2D eigenvalue weighted by Crippen LogP contribution is -2.48. The summed E-state index contributed by atoms with van der Waals surface area (Å²) >= 11 is 0. The van der Waals surface area contributed by atoms with Crippen LogP contribution in [0.5, 0.6) is 0 Å². The molecule has 1 aromatic heterocycles. The highest BCUT2D eigenvalue weighted by molar-refractivity contribution is 5.94. The summed E-state index contributed by atoms with van der Waals surface area (Å²) in [7, 11) is 1.52. The Labute approximate surface area is 122 Å². The van der Waals surface area contributed by atoms with Crippen LogP contribution in [0.15, 0.2) is 16.5 Å². The zero-order valence-electron chi connectivity index (χ0n) is 11.8. The fraction of sp³-hybridized carbons (Fsp3) is 0.571. The molecule has 7 nitrogen and oxygen atoms in total. The predicted molar refractivity (Wildman–Crippen MR) is 71.9 cm³/mol. The Morgan fingerprint density at radius 1 is 1.52 bits per heavy atom. The van der Waals surface area contributed by atoms with E-state index in [9.17, 15) is 14.7 Å². The van der Waals surface area contributed by atoms with Gasteiger partial charge in [-0.25, -0.2) is 4.79 Å². The van der Waals surface area contributed by atoms with Gasteiger partial charge in [-0.05, 0) is 25.0 Å². The van der Waals surface area contributed by atoms with E-state index in [0.717, 1.165) is 6.42 Å². The Morgan fingerprint density at radius 3 is 2.95 bits per heavy atom. The van der Waals surface area contributed by atoms with Crippen molar-refractivity contribution in [2.24, 2.45) is 5.92 Å². The first-order valence-corrected chi connectivity index (χ1v) is 6.81. The third kappa shape index (κ3) is 4.05. The summed E-state index contributed by atoms with van der Waals surface area (Å²) in [5.41, 5.74) is 0. The zero-order valence-corrected chi connectivity index (χ0v) is 11.8. The van der Waals surface area contributed by atoms with Crippen LogP contribution < -0.4 is 5.32 Å². The molecule has 0 saturated carbocycles. The molecule has 1 aromatic rings. The van der Waals surface area contributed by atoms with E-state index in [1.54, 1.807) is 6.07 Å². The van der Waals surface area contributed by atoms with Crippen molar-refractivity contribution in [3.05, 3.63) is 23.7 Å². The number of hydrogen-bond acceptors (Lipinski definition) is 5. The molecule has 0 bridgehead atoms. The average molecular weight is 297 g/mol. The lowest BCUT2D eigenvalue weighted by molar-refractivity contribution is -0.142. The molecule has 0 radical (unpaired) electrons. The van der Waals surface area contributed by atoms with Gasteiger partial charge in [0.25, 0.3) is 5.91 Å². The first-order valence-electron chi connectivity index (χ1n) is 6.81. The molecule has 0 aliphatic carbocycles. The van der Waals surface area contributed by atoms with Gasteiger partial charge in [0.1, 0.15) is 18.4 Å². The third-order valence-electron chi connectivity index (χ3n) is 3.39. The molecule has 0 aromatic carbocycles. The quantitative estimate of drug-likeness (QED) is 0.814. The minimum atomic E-state index is -1.07. The van der Waals surface area contributed by atoms with Crippen molar-refractivity contribution in [1.82, 2.24) is 5.32 Å². The Balaban J connectivity index is 2.01. The molecule has 116 valence electrons. The molecular formula is C14H19NO6. The van der Waals surface area contributed by atoms with E-state index in [-0.39, 0.29) is 18.3 Å². The Kier molecular flexibility index (Phi) is 5.35. The molecule has 1 aliphatic heterocycles. The number of hydrogen-bond donors (Lipinski definition) is 2. The number of ether oxygens (including phenoxy) is 2. The number of furan rings is 1. The van der Waals surface area contributed by atoms with Crippen LogP contribution in [-0.4, -0.2) is 43.3 Å². The number of aliphatic carboxylic acids is 1. The monoisotopic (exact) mass is 297 g/mol. The normalized spacial score (nSPS) is 20.0. The van der Waals surface area contributed by atoms with E-state index in [2.05, 4.69) is 5.32 Å². The van der Waals surface area contributed by atoms with E-state index < -0.39 is 17.9 Å². The minimum Gasteiger partial charge on any atom is -0.480 e. The van der Waals surface area contributed by atoms with Crippen molar-refractivity contribution >= 4 is 11.9 Å². The zero-order chi connectivity index (χ0) is 15.2. The van der Waals surface area contributed by atoms with Gasteiger partial charge in [-0.3, -0.25) is 4.79 Å². The third-order valence-corrected chi connectivity index (χ3v) is 3.39. The van der Waals surface area contributed by atoms with Gasteiger partial charge in [0.2, 0.25) is 0 Å². The highest BCUT2D eigenvalue weighted by Crippen LogP contribution is 2.18. The van der Waals surface area contributed by atoms with Crippen molar-refractivity contribution in [2.75, 3.05) is 20.3 Å². The fourth-order valence-corrected chi connectivity index (χ4v) is 2.34. The van der Waals surface area contributed by atoms with Gasteiger partial charge in [-0.1, -0.05) is 0 Å². The lowest BCUT2D eigenvalue weighted by Gasteiger charge is -2.27. The first kappa shape index (κ1) is 15.5. The van der Waals surface area contributed by atoms with Crippen LogP contribution in [0, 0.1) is 5.92 Å². The molecule has 7 heteroatoms. The van der Waals surface area contributed by atoms with Gasteiger partial charge in [-0.15, -0.1) is 0 Å². The summed E-state index contributed by atoms with van der Waals surface area (Å²) in [4.78, 5) is 23.4. The molecule has 21 heavy (non-hydrogen) atoms. The summed E-state index contributed by atoms with van der Waals surface area (Å²) in [6.45, 7) is 1.23. The summed E-state index contributed by atoms with van der Waals surface area (Å²) in [5, 5.41) is 11.8. The molecule has 2 rings (SSSR count). The molecule has 0 unspecified atom stereocenters. The fourth-order valence-electron chi connectivity index (χ4n) is 2.34. The predicted octanol–water partition coefficient (Wildman–Crippen LogP) is 1.04. The van der Waals surface area contributed by atoms with Crippen molar-refractivity contribution in [2.45, 2.75) is 25.5 Å². The molecule has 2 heterocycles. The van der Waals surface area contributed by atoms with E-state index in [1.165, 1.54) is 13.2 Å². The molecule has 1 amide bonds. The molecule has 1 fully saturated rings. The first-order chi connectivity index (χ1) is 10.1. The smallest absolute Gasteiger partial charge is 0.326 e. The van der Waals surface area contributed by atoms with Crippen molar-refractivity contribution in [3.63, 3.8) is 0 Å². The number of amides is 1. The summed E-state index contributed by atoms with van der Waals surface area (Å²) < 4.78 is 15.5. The van der Waals surface area contributed by atoms with Crippen molar-refractivity contribution < 1.29 is 28.6 Å². The molecule has 2 atom stereocenters. The SMILES string of the molecule is COCc1ccc(C(=O)N[C@H](C(=O)O)[C@H]2CCCOC2)o1. The van der Waals surface area contributed by atoms with Crippen LogP contribution >= 0.6 is 0 Å². The van der Waals surface area contributed by atoms with Crippen LogP contribution in [0.25, 0.3) is 0 Å². The van der Waals surface area contributed by atoms with E-state index >= 15 is 0 Å². The van der Waals surface area contributed by atoms with Gasteiger partial charge in [-0.2, -0.15) is 0 Å². The maximum Gasteiger partial charge on any atom is 0.326 e. The lowest BCUT2D eigenvalue weighted by atomic mass is 9.93. The number of carbonyl (C=O) groups is 2. The number of methoxy groups -OCH3 is 1. The van der Waals surface area contributed by atoms with Gasteiger partial charge < -0.3 is 24.3 Å². The second kappa shape index (κ2) is 7.24. The van der Waals surface area contributed by atoms with Crippen LogP contribution in [0.2, 0.25) is 0 Å². The Morgan fingerprint density at radius 2 is 2.33 bits per heavy atom. The van der Waals surface area contributed by atoms with Gasteiger partial charge in [0.15, 0.2) is 5.76 Å². The molecule has 1 saturated heterocycles. The summed E-state index contributed by atoms with van der Waals surface area (Å²) in [6.07, 6.45) is 1.51. The van der Waals surface area contributed by atoms with Crippen molar-refractivity contribution in [3.8, 4) is 0 Å². The molecular weight excluding hydrogens is 278 g/mol. The standard InChI is InChI=1S/C14H19NO6/c1-19-8-10-4-5-11(21-10)13(16)15-12(14(17)18)9-3-2-6-20-7-9/h4-5,9,12H,2-3,6-8H2,1H3,(H,15,16)(H,17,18)/t9-,12-/m0/s1. The Bertz CT molecular complexity index is 491. The number of nitrogens with one attached hydrogen (secondary N) is 1. The summed E-state index contributed by atoms with van der Waals surface area (Å²) in [6, 6.07) is 2.14. The minimum absolute atomic E-state index is 0.0741. The number of carboxylic acids is 1. The highest BCUT2D eigenvalue weighted by Gasteiger charge is 2.32. The summed E-state index contributed by atoms with van der Waals surface area (Å²) in [5.74, 6) is -1.26. The number of carboxylic acid groups (broad SMARTS) is 1. The van der Waals surface area contributed by atoms with Gasteiger partial charge in [0, 0.05) is 19.6 Å². The van der Waals surface area contributed by atoms with Crippen molar-refractivity contribution in [1.29, 1.82) is 0 Å². The maximum atomic E-state index is 12.1. The van der Waals surface area contributed by atoms with Crippen LogP contribution in [0.1, 0.15) is 29.2 Å². The van der Waals surface area contributed by atoms with Crippen LogP contribution in [0.3, 0.4) is 0 Å². The van der Waals surface area contributed by atoms with E-state index in [1.807, 2.05) is 0 Å². The second-order valence-corrected chi connectivity index (χ2v) is 4.97. The van der Waals surface area contributed by atoms with E-state index in [0.29, 0.717) is 25.4 Å². The molecule has 1 aliphatic rings. The maximum absolute atomic E-state index is 12.1. The number of carbonyl (C=O) groups excluding carboxylic acids is 1. The Hall–Kier alpha value is -1.86.